The number of benzene rings is 1. The summed E-state index contributed by atoms with van der Waals surface area (Å²) in [4.78, 5) is 17.3. The van der Waals surface area contributed by atoms with E-state index in [1.54, 1.807) is 18.0 Å². The van der Waals surface area contributed by atoms with Crippen LogP contribution in [-0.4, -0.2) is 31.5 Å². The topological polar surface area (TPSA) is 77.2 Å². The Kier molecular flexibility index (Phi) is 4.14. The first-order chi connectivity index (χ1) is 12.7. The van der Waals surface area contributed by atoms with Crippen LogP contribution >= 0.6 is 0 Å². The molecule has 1 N–H and O–H groups in total. The summed E-state index contributed by atoms with van der Waals surface area (Å²) in [5, 5.41) is 7.31. The van der Waals surface area contributed by atoms with Crippen LogP contribution in [0.15, 0.2) is 53.6 Å². The predicted octanol–water partition coefficient (Wildman–Crippen LogP) is 2.39. The molecule has 0 aliphatic rings. The van der Waals surface area contributed by atoms with Crippen molar-refractivity contribution in [1.82, 2.24) is 24.4 Å². The fourth-order valence-electron chi connectivity index (χ4n) is 3.04. The first-order valence-electron chi connectivity index (χ1n) is 8.32. The molecule has 0 spiro atoms. The van der Waals surface area contributed by atoms with Crippen molar-refractivity contribution in [2.75, 3.05) is 7.11 Å². The summed E-state index contributed by atoms with van der Waals surface area (Å²) in [6, 6.07) is 11.5. The zero-order valence-corrected chi connectivity index (χ0v) is 14.6. The molecule has 0 aliphatic carbocycles. The van der Waals surface area contributed by atoms with Gasteiger partial charge < -0.3 is 4.74 Å². The Morgan fingerprint density at radius 1 is 1.23 bits per heavy atom. The first kappa shape index (κ1) is 16.3. The van der Waals surface area contributed by atoms with Crippen molar-refractivity contribution < 1.29 is 4.74 Å². The Morgan fingerprint density at radius 3 is 2.73 bits per heavy atom. The molecule has 0 unspecified atom stereocenters. The van der Waals surface area contributed by atoms with Gasteiger partial charge in [-0.3, -0.25) is 14.6 Å². The van der Waals surface area contributed by atoms with Crippen LogP contribution in [0, 0.1) is 6.92 Å². The molecule has 132 valence electrons. The minimum atomic E-state index is -0.159. The second kappa shape index (κ2) is 6.61. The molecule has 0 aliphatic heterocycles. The Morgan fingerprint density at radius 2 is 2.04 bits per heavy atom. The second-order valence-electron chi connectivity index (χ2n) is 6.21. The highest BCUT2D eigenvalue weighted by Gasteiger charge is 2.17. The van der Waals surface area contributed by atoms with E-state index in [9.17, 15) is 4.79 Å². The summed E-state index contributed by atoms with van der Waals surface area (Å²) >= 11 is 0. The zero-order valence-electron chi connectivity index (χ0n) is 14.6. The summed E-state index contributed by atoms with van der Waals surface area (Å²) < 4.78 is 8.52. The molecular weight excluding hydrogens is 330 g/mol. The summed E-state index contributed by atoms with van der Waals surface area (Å²) in [6.07, 6.45) is 3.55. The highest BCUT2D eigenvalue weighted by Crippen LogP contribution is 2.28. The van der Waals surface area contributed by atoms with Crippen molar-refractivity contribution >= 4 is 5.65 Å². The maximum Gasteiger partial charge on any atom is 0.272 e. The molecule has 4 aromatic rings. The van der Waals surface area contributed by atoms with E-state index in [-0.39, 0.29) is 5.56 Å². The van der Waals surface area contributed by atoms with Crippen LogP contribution in [0.3, 0.4) is 0 Å². The number of H-pyrrole nitrogens is 1. The molecule has 1 aromatic carbocycles. The molecule has 0 atom stereocenters. The van der Waals surface area contributed by atoms with Gasteiger partial charge in [0.05, 0.1) is 24.5 Å². The number of aromatic nitrogens is 5. The fourth-order valence-corrected chi connectivity index (χ4v) is 3.04. The lowest BCUT2D eigenvalue weighted by atomic mass is 10.0. The van der Waals surface area contributed by atoms with Crippen LogP contribution in [0.1, 0.15) is 17.0 Å². The van der Waals surface area contributed by atoms with Crippen molar-refractivity contribution in [2.24, 2.45) is 0 Å². The third-order valence-corrected chi connectivity index (χ3v) is 4.26. The average Bonchev–Trinajstić information content (AvgIpc) is 3.24. The maximum atomic E-state index is 12.6. The van der Waals surface area contributed by atoms with E-state index in [4.69, 9.17) is 9.72 Å². The minimum absolute atomic E-state index is 0.159. The van der Waals surface area contributed by atoms with E-state index in [0.29, 0.717) is 24.5 Å². The largest absolute Gasteiger partial charge is 0.378 e. The van der Waals surface area contributed by atoms with Gasteiger partial charge in [0.25, 0.3) is 5.56 Å². The summed E-state index contributed by atoms with van der Waals surface area (Å²) in [7, 11) is 1.63. The van der Waals surface area contributed by atoms with Crippen LogP contribution in [-0.2, 0) is 17.9 Å². The number of nitrogens with zero attached hydrogens (tertiary/aromatic N) is 4. The van der Waals surface area contributed by atoms with E-state index in [2.05, 4.69) is 10.2 Å². The van der Waals surface area contributed by atoms with Crippen molar-refractivity contribution in [3.05, 3.63) is 76.1 Å². The lowest BCUT2D eigenvalue weighted by Gasteiger charge is -2.05. The quantitative estimate of drug-likeness (QED) is 0.600. The highest BCUT2D eigenvalue weighted by atomic mass is 16.5. The molecule has 0 saturated heterocycles. The molecule has 0 radical (unpaired) electrons. The van der Waals surface area contributed by atoms with Crippen molar-refractivity contribution in [1.29, 1.82) is 0 Å². The van der Waals surface area contributed by atoms with Crippen LogP contribution < -0.4 is 5.56 Å². The number of nitrogens with one attached hydrogen (secondary N) is 1. The molecule has 0 amide bonds. The van der Waals surface area contributed by atoms with Crippen molar-refractivity contribution in [3.8, 4) is 11.1 Å². The van der Waals surface area contributed by atoms with Crippen LogP contribution in [0.4, 0.5) is 0 Å². The Hall–Kier alpha value is -3.19. The van der Waals surface area contributed by atoms with Gasteiger partial charge in [-0.1, -0.05) is 29.8 Å². The van der Waals surface area contributed by atoms with Gasteiger partial charge in [-0.05, 0) is 18.6 Å². The standard InChI is InChI=1S/C19H19N5O2/c1-13-4-6-14(7-5-13)18-16(12-26-2)22-24-17(25)10-15(21-19(18)24)11-23-9-3-8-20-23/h3-10,22H,11-12H2,1-2H3. The van der Waals surface area contributed by atoms with Gasteiger partial charge in [0.1, 0.15) is 0 Å². The summed E-state index contributed by atoms with van der Waals surface area (Å²) in [5.74, 6) is 0. The SMILES string of the molecule is COCc1[nH]n2c(=O)cc(Cn3cccn3)nc2c1-c1ccc(C)cc1. The normalized spacial score (nSPS) is 11.3. The van der Waals surface area contributed by atoms with E-state index < -0.39 is 0 Å². The van der Waals surface area contributed by atoms with Gasteiger partial charge >= 0.3 is 0 Å². The third kappa shape index (κ3) is 2.93. The number of rotatable bonds is 5. The highest BCUT2D eigenvalue weighted by molar-refractivity contribution is 5.80. The van der Waals surface area contributed by atoms with E-state index >= 15 is 0 Å². The van der Waals surface area contributed by atoms with Gasteiger partial charge in [-0.15, -0.1) is 0 Å². The first-order valence-corrected chi connectivity index (χ1v) is 8.32. The molecule has 3 heterocycles. The molecular formula is C19H19N5O2. The summed E-state index contributed by atoms with van der Waals surface area (Å²) in [5.41, 5.74) is 4.96. The van der Waals surface area contributed by atoms with Crippen LogP contribution in [0.5, 0.6) is 0 Å². The van der Waals surface area contributed by atoms with Gasteiger partial charge in [-0.25, -0.2) is 9.50 Å². The fraction of sp³-hybridized carbons (Fsp3) is 0.211. The van der Waals surface area contributed by atoms with E-state index in [1.165, 1.54) is 16.1 Å². The summed E-state index contributed by atoms with van der Waals surface area (Å²) in [6.45, 7) is 2.84. The third-order valence-electron chi connectivity index (χ3n) is 4.26. The number of hydrogen-bond donors (Lipinski definition) is 1. The Bertz CT molecular complexity index is 1090. The molecule has 3 aromatic heterocycles. The monoisotopic (exact) mass is 349 g/mol. The number of methoxy groups -OCH3 is 1. The lowest BCUT2D eigenvalue weighted by Crippen LogP contribution is -2.17. The zero-order chi connectivity index (χ0) is 18.1. The minimum Gasteiger partial charge on any atom is -0.378 e. The second-order valence-corrected chi connectivity index (χ2v) is 6.21. The Labute approximate surface area is 149 Å². The number of ether oxygens (including phenoxy) is 1. The van der Waals surface area contributed by atoms with Crippen LogP contribution in [0.25, 0.3) is 16.8 Å². The number of aromatic amines is 1. The average molecular weight is 349 g/mol. The molecule has 0 bridgehead atoms. The Balaban J connectivity index is 1.91. The van der Waals surface area contributed by atoms with Crippen molar-refractivity contribution in [3.63, 3.8) is 0 Å². The molecule has 0 saturated carbocycles. The van der Waals surface area contributed by atoms with Gasteiger partial charge in [0.15, 0.2) is 5.65 Å². The smallest absolute Gasteiger partial charge is 0.272 e. The molecule has 26 heavy (non-hydrogen) atoms. The number of hydrogen-bond acceptors (Lipinski definition) is 4. The van der Waals surface area contributed by atoms with Gasteiger partial charge in [-0.2, -0.15) is 5.10 Å². The molecule has 0 fully saturated rings. The number of aryl methyl sites for hydroxylation is 1. The predicted molar refractivity (Wildman–Crippen MR) is 98.0 cm³/mol. The maximum absolute atomic E-state index is 12.6. The molecule has 4 rings (SSSR count). The van der Waals surface area contributed by atoms with Gasteiger partial charge in [0.2, 0.25) is 0 Å². The van der Waals surface area contributed by atoms with Gasteiger partial charge in [0, 0.05) is 31.1 Å². The molecule has 7 nitrogen and oxygen atoms in total. The number of fused-ring (bicyclic) bond motifs is 1. The van der Waals surface area contributed by atoms with Crippen molar-refractivity contribution in [2.45, 2.75) is 20.1 Å². The van der Waals surface area contributed by atoms with E-state index in [1.807, 2.05) is 43.5 Å². The van der Waals surface area contributed by atoms with E-state index in [0.717, 1.165) is 16.8 Å². The van der Waals surface area contributed by atoms with Crippen LogP contribution in [0.2, 0.25) is 0 Å². The lowest BCUT2D eigenvalue weighted by molar-refractivity contribution is 0.181. The molecule has 7 heteroatoms.